The number of carbonyl (C=O) groups is 1. The fourth-order valence-electron chi connectivity index (χ4n) is 3.24. The Morgan fingerprint density at radius 3 is 2.58 bits per heavy atom. The Hall–Kier alpha value is -1.73. The predicted octanol–water partition coefficient (Wildman–Crippen LogP) is 0.484. The van der Waals surface area contributed by atoms with Crippen LogP contribution in [0, 0.1) is 0 Å². The van der Waals surface area contributed by atoms with Gasteiger partial charge in [-0.1, -0.05) is 0 Å². The highest BCUT2D eigenvalue weighted by atomic mass is 16.5. The maximum atomic E-state index is 12.3. The summed E-state index contributed by atoms with van der Waals surface area (Å²) in [5, 5.41) is 0. The second kappa shape index (κ2) is 8.39. The highest BCUT2D eigenvalue weighted by Gasteiger charge is 2.23. The molecular weight excluding hydrogens is 306 g/mol. The molecule has 2 aliphatic rings. The average molecular weight is 333 g/mol. The van der Waals surface area contributed by atoms with Crippen LogP contribution in [-0.2, 0) is 4.79 Å². The van der Waals surface area contributed by atoms with Gasteiger partial charge >= 0.3 is 0 Å². The molecule has 0 unspecified atom stereocenters. The zero-order valence-corrected chi connectivity index (χ0v) is 14.4. The number of aromatic nitrogens is 2. The highest BCUT2D eigenvalue weighted by molar-refractivity contribution is 5.76. The lowest BCUT2D eigenvalue weighted by Gasteiger charge is -2.34. The fraction of sp³-hybridized carbons (Fsp3) is 0.706. The molecule has 7 heteroatoms. The van der Waals surface area contributed by atoms with Crippen LogP contribution in [0.1, 0.15) is 19.3 Å². The highest BCUT2D eigenvalue weighted by Crippen LogP contribution is 2.16. The summed E-state index contributed by atoms with van der Waals surface area (Å²) in [6, 6.07) is 0. The minimum atomic E-state index is 0.200. The largest absolute Gasteiger partial charge is 0.473 e. The minimum Gasteiger partial charge on any atom is -0.473 e. The second-order valence-corrected chi connectivity index (χ2v) is 6.64. The number of likely N-dealkylation sites (N-methyl/N-ethyl adjacent to an activating group) is 1. The Kier molecular flexibility index (Phi) is 5.98. The molecule has 2 saturated heterocycles. The first kappa shape index (κ1) is 17.1. The third-order valence-electron chi connectivity index (χ3n) is 4.86. The summed E-state index contributed by atoms with van der Waals surface area (Å²) in [6.45, 7) is 6.49. The number of piperidine rings is 1. The van der Waals surface area contributed by atoms with E-state index in [9.17, 15) is 4.79 Å². The van der Waals surface area contributed by atoms with Crippen LogP contribution in [0.2, 0.25) is 0 Å². The number of ether oxygens (including phenoxy) is 1. The van der Waals surface area contributed by atoms with Crippen molar-refractivity contribution in [2.75, 3.05) is 52.9 Å². The lowest BCUT2D eigenvalue weighted by atomic mass is 10.1. The van der Waals surface area contributed by atoms with Crippen molar-refractivity contribution in [3.05, 3.63) is 18.6 Å². The van der Waals surface area contributed by atoms with Crippen LogP contribution in [0.5, 0.6) is 5.88 Å². The lowest BCUT2D eigenvalue weighted by Crippen LogP contribution is -2.48. The molecule has 2 aliphatic heterocycles. The molecule has 1 amide bonds. The predicted molar refractivity (Wildman–Crippen MR) is 90.8 cm³/mol. The zero-order valence-electron chi connectivity index (χ0n) is 14.4. The zero-order chi connectivity index (χ0) is 16.8. The number of amides is 1. The van der Waals surface area contributed by atoms with Crippen LogP contribution in [0.15, 0.2) is 18.6 Å². The molecule has 7 nitrogen and oxygen atoms in total. The average Bonchev–Trinajstić information content (AvgIpc) is 2.62. The van der Waals surface area contributed by atoms with Gasteiger partial charge < -0.3 is 19.4 Å². The molecule has 0 aliphatic carbocycles. The van der Waals surface area contributed by atoms with Crippen molar-refractivity contribution < 1.29 is 9.53 Å². The number of rotatable bonds is 5. The molecule has 0 N–H and O–H groups in total. The van der Waals surface area contributed by atoms with Crippen molar-refractivity contribution in [2.24, 2.45) is 0 Å². The third kappa shape index (κ3) is 4.88. The van der Waals surface area contributed by atoms with E-state index in [0.717, 1.165) is 58.7 Å². The summed E-state index contributed by atoms with van der Waals surface area (Å²) in [7, 11) is 2.11. The van der Waals surface area contributed by atoms with E-state index in [1.165, 1.54) is 0 Å². The topological polar surface area (TPSA) is 61.8 Å². The second-order valence-electron chi connectivity index (χ2n) is 6.64. The van der Waals surface area contributed by atoms with Crippen LogP contribution < -0.4 is 4.74 Å². The molecule has 24 heavy (non-hydrogen) atoms. The number of hydrogen-bond donors (Lipinski definition) is 0. The van der Waals surface area contributed by atoms with Gasteiger partial charge in [-0.15, -0.1) is 0 Å². The Morgan fingerprint density at radius 2 is 1.92 bits per heavy atom. The van der Waals surface area contributed by atoms with Crippen LogP contribution in [0.4, 0.5) is 0 Å². The maximum Gasteiger partial charge on any atom is 0.232 e. The SMILES string of the molecule is CN1CCN(C(=O)CCN2CCC(Oc3cnccn3)CC2)CC1. The maximum absolute atomic E-state index is 12.3. The van der Waals surface area contributed by atoms with Gasteiger partial charge in [-0.3, -0.25) is 9.78 Å². The molecular formula is C17H27N5O2. The molecule has 0 spiro atoms. The standard InChI is InChI=1S/C17H27N5O2/c1-20-10-12-22(13-11-20)17(23)4-9-21-7-2-15(3-8-21)24-16-14-18-5-6-19-16/h5-6,14-15H,2-4,7-13H2,1H3. The number of piperazine rings is 1. The Bertz CT molecular complexity index is 511. The Balaban J connectivity index is 1.34. The van der Waals surface area contributed by atoms with E-state index < -0.39 is 0 Å². The first-order chi connectivity index (χ1) is 11.7. The summed E-state index contributed by atoms with van der Waals surface area (Å²) in [4.78, 5) is 27.1. The van der Waals surface area contributed by atoms with E-state index in [2.05, 4.69) is 26.8 Å². The van der Waals surface area contributed by atoms with Crippen molar-refractivity contribution in [1.29, 1.82) is 0 Å². The first-order valence-corrected chi connectivity index (χ1v) is 8.82. The molecule has 3 heterocycles. The molecule has 0 atom stereocenters. The van der Waals surface area contributed by atoms with Gasteiger partial charge in [-0.05, 0) is 19.9 Å². The molecule has 0 radical (unpaired) electrons. The minimum absolute atomic E-state index is 0.200. The summed E-state index contributed by atoms with van der Waals surface area (Å²) in [6.07, 6.45) is 7.71. The van der Waals surface area contributed by atoms with E-state index in [4.69, 9.17) is 4.74 Å². The third-order valence-corrected chi connectivity index (χ3v) is 4.86. The van der Waals surface area contributed by atoms with Gasteiger partial charge in [0.25, 0.3) is 0 Å². The van der Waals surface area contributed by atoms with Crippen molar-refractivity contribution in [1.82, 2.24) is 24.7 Å². The Morgan fingerprint density at radius 1 is 1.17 bits per heavy atom. The van der Waals surface area contributed by atoms with Gasteiger partial charge in [-0.25, -0.2) is 4.98 Å². The summed E-state index contributed by atoms with van der Waals surface area (Å²) >= 11 is 0. The molecule has 0 saturated carbocycles. The van der Waals surface area contributed by atoms with Crippen LogP contribution >= 0.6 is 0 Å². The number of hydrogen-bond acceptors (Lipinski definition) is 6. The van der Waals surface area contributed by atoms with Crippen molar-refractivity contribution in [3.63, 3.8) is 0 Å². The van der Waals surface area contributed by atoms with Gasteiger partial charge in [0.2, 0.25) is 11.8 Å². The molecule has 1 aromatic rings. The van der Waals surface area contributed by atoms with E-state index in [0.29, 0.717) is 18.2 Å². The van der Waals surface area contributed by atoms with E-state index in [1.807, 2.05) is 4.90 Å². The molecule has 132 valence electrons. The van der Waals surface area contributed by atoms with Gasteiger partial charge in [0, 0.05) is 64.6 Å². The van der Waals surface area contributed by atoms with Crippen LogP contribution in [-0.4, -0.2) is 89.5 Å². The van der Waals surface area contributed by atoms with E-state index in [-0.39, 0.29) is 6.10 Å². The Labute approximate surface area is 143 Å². The number of nitrogens with zero attached hydrogens (tertiary/aromatic N) is 5. The monoisotopic (exact) mass is 333 g/mol. The molecule has 2 fully saturated rings. The molecule has 1 aromatic heterocycles. The quantitative estimate of drug-likeness (QED) is 0.781. The van der Waals surface area contributed by atoms with Crippen molar-refractivity contribution in [2.45, 2.75) is 25.4 Å². The van der Waals surface area contributed by atoms with Crippen LogP contribution in [0.25, 0.3) is 0 Å². The number of likely N-dealkylation sites (tertiary alicyclic amines) is 1. The lowest BCUT2D eigenvalue weighted by molar-refractivity contribution is -0.133. The van der Waals surface area contributed by atoms with Gasteiger partial charge in [-0.2, -0.15) is 0 Å². The van der Waals surface area contributed by atoms with Crippen molar-refractivity contribution >= 4 is 5.91 Å². The molecule has 0 aromatic carbocycles. The summed E-state index contributed by atoms with van der Waals surface area (Å²) < 4.78 is 5.85. The summed E-state index contributed by atoms with van der Waals surface area (Å²) in [5.74, 6) is 0.891. The molecule has 0 bridgehead atoms. The van der Waals surface area contributed by atoms with E-state index in [1.54, 1.807) is 18.6 Å². The first-order valence-electron chi connectivity index (χ1n) is 8.82. The van der Waals surface area contributed by atoms with Crippen LogP contribution in [0.3, 0.4) is 0 Å². The van der Waals surface area contributed by atoms with Gasteiger partial charge in [0.05, 0.1) is 6.20 Å². The van der Waals surface area contributed by atoms with Gasteiger partial charge in [0.15, 0.2) is 0 Å². The smallest absolute Gasteiger partial charge is 0.232 e. The normalized spacial score (nSPS) is 21.0. The van der Waals surface area contributed by atoms with Crippen molar-refractivity contribution in [3.8, 4) is 5.88 Å². The number of carbonyl (C=O) groups excluding carboxylic acids is 1. The summed E-state index contributed by atoms with van der Waals surface area (Å²) in [5.41, 5.74) is 0. The van der Waals surface area contributed by atoms with E-state index >= 15 is 0 Å². The fourth-order valence-corrected chi connectivity index (χ4v) is 3.24. The van der Waals surface area contributed by atoms with Gasteiger partial charge in [0.1, 0.15) is 6.10 Å². The molecule has 3 rings (SSSR count).